The van der Waals surface area contributed by atoms with Gasteiger partial charge in [-0.15, -0.1) is 0 Å². The standard InChI is InChI=1S/C22H22N2O6/c1-24(22(26)19-5-4-12-29-19)14-21(25)23-15-6-11-18(28-3)20(13-15)30-17-9-7-16(27-2)8-10-17/h4-13H,14H2,1-3H3,(H,23,25). The fourth-order valence-electron chi connectivity index (χ4n) is 2.68. The molecule has 1 N–H and O–H groups in total. The minimum Gasteiger partial charge on any atom is -0.497 e. The number of benzene rings is 2. The van der Waals surface area contributed by atoms with Gasteiger partial charge in [0, 0.05) is 18.8 Å². The SMILES string of the molecule is COc1ccc(Oc2cc(NC(=O)CN(C)C(=O)c3ccco3)ccc2OC)cc1. The summed E-state index contributed by atoms with van der Waals surface area (Å²) >= 11 is 0. The summed E-state index contributed by atoms with van der Waals surface area (Å²) < 4.78 is 21.4. The van der Waals surface area contributed by atoms with E-state index in [1.807, 2.05) is 0 Å². The van der Waals surface area contributed by atoms with E-state index in [-0.39, 0.29) is 24.1 Å². The zero-order chi connectivity index (χ0) is 21.5. The van der Waals surface area contributed by atoms with E-state index in [9.17, 15) is 9.59 Å². The number of rotatable bonds is 8. The molecule has 3 aromatic rings. The Bertz CT molecular complexity index is 999. The average molecular weight is 410 g/mol. The van der Waals surface area contributed by atoms with Crippen molar-refractivity contribution in [1.29, 1.82) is 0 Å². The summed E-state index contributed by atoms with van der Waals surface area (Å²) in [5.41, 5.74) is 0.503. The molecule has 8 heteroatoms. The lowest BCUT2D eigenvalue weighted by Crippen LogP contribution is -2.34. The summed E-state index contributed by atoms with van der Waals surface area (Å²) in [5.74, 6) is 1.66. The minimum atomic E-state index is -0.381. The zero-order valence-corrected chi connectivity index (χ0v) is 16.9. The van der Waals surface area contributed by atoms with E-state index in [0.717, 1.165) is 0 Å². The van der Waals surface area contributed by atoms with Gasteiger partial charge in [0.1, 0.15) is 11.5 Å². The summed E-state index contributed by atoms with van der Waals surface area (Å²) in [6.45, 7) is -0.139. The molecule has 8 nitrogen and oxygen atoms in total. The summed E-state index contributed by atoms with van der Waals surface area (Å²) in [6.07, 6.45) is 1.41. The first-order chi connectivity index (χ1) is 14.5. The van der Waals surface area contributed by atoms with Crippen molar-refractivity contribution in [1.82, 2.24) is 4.90 Å². The normalized spacial score (nSPS) is 10.2. The number of hydrogen-bond donors (Lipinski definition) is 1. The predicted octanol–water partition coefficient (Wildman–Crippen LogP) is 3.80. The molecule has 2 aromatic carbocycles. The van der Waals surface area contributed by atoms with Gasteiger partial charge in [-0.3, -0.25) is 9.59 Å². The van der Waals surface area contributed by atoms with Gasteiger partial charge in [0.25, 0.3) is 5.91 Å². The Morgan fingerprint density at radius 2 is 1.70 bits per heavy atom. The van der Waals surface area contributed by atoms with Crippen LogP contribution >= 0.6 is 0 Å². The van der Waals surface area contributed by atoms with Gasteiger partial charge in [-0.05, 0) is 48.5 Å². The predicted molar refractivity (Wildman–Crippen MR) is 110 cm³/mol. The maximum atomic E-state index is 12.4. The molecule has 0 saturated heterocycles. The van der Waals surface area contributed by atoms with Gasteiger partial charge in [-0.25, -0.2) is 0 Å². The van der Waals surface area contributed by atoms with E-state index in [1.165, 1.54) is 25.3 Å². The monoisotopic (exact) mass is 410 g/mol. The lowest BCUT2D eigenvalue weighted by Gasteiger charge is -2.16. The van der Waals surface area contributed by atoms with Crippen LogP contribution in [0.5, 0.6) is 23.0 Å². The molecule has 0 spiro atoms. The van der Waals surface area contributed by atoms with Crippen LogP contribution < -0.4 is 19.5 Å². The van der Waals surface area contributed by atoms with Crippen LogP contribution in [0.2, 0.25) is 0 Å². The number of carbonyl (C=O) groups excluding carboxylic acids is 2. The molecule has 156 valence electrons. The van der Waals surface area contributed by atoms with Crippen LogP contribution in [-0.2, 0) is 4.79 Å². The molecule has 1 heterocycles. The smallest absolute Gasteiger partial charge is 0.289 e. The number of nitrogens with zero attached hydrogens (tertiary/aromatic N) is 1. The zero-order valence-electron chi connectivity index (χ0n) is 16.9. The number of methoxy groups -OCH3 is 2. The van der Waals surface area contributed by atoms with Crippen molar-refractivity contribution in [3.63, 3.8) is 0 Å². The Morgan fingerprint density at radius 1 is 0.967 bits per heavy atom. The molecule has 0 unspecified atom stereocenters. The first-order valence-corrected chi connectivity index (χ1v) is 9.09. The topological polar surface area (TPSA) is 90.2 Å². The Kier molecular flexibility index (Phi) is 6.59. The van der Waals surface area contributed by atoms with Crippen LogP contribution in [0, 0.1) is 0 Å². The molecule has 0 radical (unpaired) electrons. The number of nitrogens with one attached hydrogen (secondary N) is 1. The molecule has 2 amide bonds. The van der Waals surface area contributed by atoms with E-state index >= 15 is 0 Å². The van der Waals surface area contributed by atoms with Crippen molar-refractivity contribution in [3.05, 3.63) is 66.6 Å². The van der Waals surface area contributed by atoms with Crippen molar-refractivity contribution in [2.45, 2.75) is 0 Å². The second kappa shape index (κ2) is 9.51. The van der Waals surface area contributed by atoms with Gasteiger partial charge in [0.05, 0.1) is 27.0 Å². The Morgan fingerprint density at radius 3 is 2.33 bits per heavy atom. The van der Waals surface area contributed by atoms with Crippen molar-refractivity contribution in [3.8, 4) is 23.0 Å². The van der Waals surface area contributed by atoms with Crippen molar-refractivity contribution in [2.75, 3.05) is 33.1 Å². The lowest BCUT2D eigenvalue weighted by atomic mass is 10.2. The van der Waals surface area contributed by atoms with Gasteiger partial charge >= 0.3 is 0 Å². The number of carbonyl (C=O) groups is 2. The third-order valence-corrected chi connectivity index (χ3v) is 4.19. The highest BCUT2D eigenvalue weighted by Gasteiger charge is 2.17. The maximum Gasteiger partial charge on any atom is 0.289 e. The van der Waals surface area contributed by atoms with Crippen LogP contribution in [0.3, 0.4) is 0 Å². The van der Waals surface area contributed by atoms with E-state index in [0.29, 0.717) is 28.7 Å². The quantitative estimate of drug-likeness (QED) is 0.608. The van der Waals surface area contributed by atoms with Gasteiger partial charge in [-0.2, -0.15) is 0 Å². The number of furan rings is 1. The molecule has 0 fully saturated rings. The Balaban J connectivity index is 1.67. The van der Waals surface area contributed by atoms with Crippen molar-refractivity contribution in [2.24, 2.45) is 0 Å². The average Bonchev–Trinajstić information content (AvgIpc) is 3.28. The highest BCUT2D eigenvalue weighted by atomic mass is 16.5. The van der Waals surface area contributed by atoms with Crippen LogP contribution in [0.4, 0.5) is 5.69 Å². The molecule has 0 bridgehead atoms. The molecule has 30 heavy (non-hydrogen) atoms. The van der Waals surface area contributed by atoms with Crippen molar-refractivity contribution >= 4 is 17.5 Å². The molecule has 3 rings (SSSR count). The van der Waals surface area contributed by atoms with Gasteiger partial charge in [-0.1, -0.05) is 0 Å². The summed E-state index contributed by atoms with van der Waals surface area (Å²) in [7, 11) is 4.64. The van der Waals surface area contributed by atoms with E-state index < -0.39 is 0 Å². The molecule has 0 aliphatic heterocycles. The summed E-state index contributed by atoms with van der Waals surface area (Å²) in [6, 6.07) is 15.3. The summed E-state index contributed by atoms with van der Waals surface area (Å²) in [4.78, 5) is 25.8. The van der Waals surface area contributed by atoms with Crippen LogP contribution in [0.25, 0.3) is 0 Å². The Labute approximate surface area is 174 Å². The molecule has 0 aliphatic rings. The van der Waals surface area contributed by atoms with Crippen LogP contribution in [0.1, 0.15) is 10.6 Å². The van der Waals surface area contributed by atoms with Crippen molar-refractivity contribution < 1.29 is 28.2 Å². The van der Waals surface area contributed by atoms with Crippen LogP contribution in [-0.4, -0.2) is 44.5 Å². The highest BCUT2D eigenvalue weighted by molar-refractivity contribution is 5.98. The van der Waals surface area contributed by atoms with E-state index in [4.69, 9.17) is 18.6 Å². The molecule has 0 saturated carbocycles. The molecule has 0 atom stereocenters. The lowest BCUT2D eigenvalue weighted by molar-refractivity contribution is -0.116. The first kappa shape index (κ1) is 20.8. The number of anilines is 1. The Hall–Kier alpha value is -3.94. The van der Waals surface area contributed by atoms with Gasteiger partial charge in [0.2, 0.25) is 5.91 Å². The number of likely N-dealkylation sites (N-methyl/N-ethyl adjacent to an activating group) is 1. The fraction of sp³-hybridized carbons (Fsp3) is 0.182. The second-order valence-corrected chi connectivity index (χ2v) is 6.33. The molecular weight excluding hydrogens is 388 g/mol. The number of ether oxygens (including phenoxy) is 3. The number of hydrogen-bond acceptors (Lipinski definition) is 6. The van der Waals surface area contributed by atoms with E-state index in [2.05, 4.69) is 5.32 Å². The fourth-order valence-corrected chi connectivity index (χ4v) is 2.68. The number of amides is 2. The third-order valence-electron chi connectivity index (χ3n) is 4.19. The minimum absolute atomic E-state index is 0.139. The highest BCUT2D eigenvalue weighted by Crippen LogP contribution is 2.34. The first-order valence-electron chi connectivity index (χ1n) is 9.09. The van der Waals surface area contributed by atoms with E-state index in [1.54, 1.807) is 61.7 Å². The van der Waals surface area contributed by atoms with Crippen LogP contribution in [0.15, 0.2) is 65.3 Å². The molecular formula is C22H22N2O6. The third kappa shape index (κ3) is 5.11. The summed E-state index contributed by atoms with van der Waals surface area (Å²) in [5, 5.41) is 2.75. The largest absolute Gasteiger partial charge is 0.497 e. The van der Waals surface area contributed by atoms with Gasteiger partial charge in [0.15, 0.2) is 17.3 Å². The maximum absolute atomic E-state index is 12.4. The second-order valence-electron chi connectivity index (χ2n) is 6.33. The molecule has 0 aliphatic carbocycles. The van der Waals surface area contributed by atoms with Gasteiger partial charge < -0.3 is 28.8 Å². The molecule has 1 aromatic heterocycles.